The van der Waals surface area contributed by atoms with Gasteiger partial charge in [0.2, 0.25) is 11.8 Å². The summed E-state index contributed by atoms with van der Waals surface area (Å²) in [5.41, 5.74) is 4.95. The molecule has 0 spiro atoms. The molecule has 0 atom stereocenters. The molecule has 0 radical (unpaired) electrons. The number of hydrogen-bond donors (Lipinski definition) is 3. The summed E-state index contributed by atoms with van der Waals surface area (Å²) in [5, 5.41) is 11.2. The van der Waals surface area contributed by atoms with Crippen LogP contribution < -0.4 is 11.1 Å². The molecule has 0 unspecified atom stereocenters. The quantitative estimate of drug-likeness (QED) is 0.408. The zero-order valence-corrected chi connectivity index (χ0v) is 12.0. The third kappa shape index (κ3) is 8.42. The van der Waals surface area contributed by atoms with E-state index in [0.717, 1.165) is 9.80 Å². The Kier molecular flexibility index (Phi) is 8.46. The molecule has 0 saturated carbocycles. The molecule has 0 heterocycles. The van der Waals surface area contributed by atoms with Crippen molar-refractivity contribution < 1.29 is 29.0 Å². The lowest BCUT2D eigenvalue weighted by atomic mass is 10.4. The molecule has 10 heteroatoms. The van der Waals surface area contributed by atoms with Crippen molar-refractivity contribution in [3.63, 3.8) is 0 Å². The summed E-state index contributed by atoms with van der Waals surface area (Å²) in [6.45, 7) is -0.886. The van der Waals surface area contributed by atoms with E-state index in [4.69, 9.17) is 15.6 Å². The van der Waals surface area contributed by atoms with Crippen LogP contribution in [-0.2, 0) is 19.1 Å². The van der Waals surface area contributed by atoms with E-state index in [2.05, 4.69) is 5.32 Å². The van der Waals surface area contributed by atoms with Gasteiger partial charge < -0.3 is 30.7 Å². The second-order valence-corrected chi connectivity index (χ2v) is 4.20. The first-order valence-electron chi connectivity index (χ1n) is 6.03. The van der Waals surface area contributed by atoms with Crippen molar-refractivity contribution >= 4 is 23.8 Å². The van der Waals surface area contributed by atoms with Gasteiger partial charge in [-0.3, -0.25) is 14.4 Å². The summed E-state index contributed by atoms with van der Waals surface area (Å²) in [6, 6.07) is -0.780. The maximum absolute atomic E-state index is 12.0. The molecule has 10 nitrogen and oxygen atoms in total. The number of methoxy groups -OCH3 is 1. The van der Waals surface area contributed by atoms with Crippen LogP contribution in [0, 0.1) is 0 Å². The molecule has 0 aliphatic rings. The normalized spacial score (nSPS) is 9.81. The van der Waals surface area contributed by atoms with E-state index in [0.29, 0.717) is 6.61 Å². The van der Waals surface area contributed by atoms with E-state index < -0.39 is 36.9 Å². The number of rotatable bonds is 9. The Bertz CT molecular complexity index is 384. The predicted octanol–water partition coefficient (Wildman–Crippen LogP) is -2.33. The van der Waals surface area contributed by atoms with Crippen molar-refractivity contribution in [1.82, 2.24) is 15.1 Å². The van der Waals surface area contributed by atoms with E-state index >= 15 is 0 Å². The summed E-state index contributed by atoms with van der Waals surface area (Å²) in [4.78, 5) is 46.7. The number of nitrogens with one attached hydrogen (secondary N) is 1. The predicted molar refractivity (Wildman–Crippen MR) is 71.3 cm³/mol. The fourth-order valence-electron chi connectivity index (χ4n) is 1.42. The summed E-state index contributed by atoms with van der Waals surface area (Å²) < 4.78 is 4.75. The number of carboxylic acid groups (broad SMARTS) is 1. The number of likely N-dealkylation sites (N-methyl/N-ethyl adjacent to an activating group) is 1. The highest BCUT2D eigenvalue weighted by atomic mass is 16.5. The zero-order chi connectivity index (χ0) is 16.4. The van der Waals surface area contributed by atoms with Crippen LogP contribution in [0.25, 0.3) is 0 Å². The molecule has 0 aliphatic carbocycles. The lowest BCUT2D eigenvalue weighted by Gasteiger charge is -2.25. The molecule has 0 aliphatic heterocycles. The topological polar surface area (TPSA) is 142 Å². The SMILES string of the molecule is COCCNC(=O)CN(C)C(=O)N(CC(N)=O)CC(=O)O. The van der Waals surface area contributed by atoms with Gasteiger partial charge >= 0.3 is 12.0 Å². The average molecular weight is 304 g/mol. The van der Waals surface area contributed by atoms with Crippen LogP contribution in [-0.4, -0.2) is 85.7 Å². The van der Waals surface area contributed by atoms with Gasteiger partial charge in [-0.25, -0.2) is 4.79 Å². The molecular formula is C11H20N4O6. The van der Waals surface area contributed by atoms with E-state index in [1.807, 2.05) is 0 Å². The highest BCUT2D eigenvalue weighted by Crippen LogP contribution is 1.97. The molecule has 0 fully saturated rings. The smallest absolute Gasteiger partial charge is 0.323 e. The molecule has 0 rings (SSSR count). The minimum atomic E-state index is -1.29. The van der Waals surface area contributed by atoms with E-state index in [1.54, 1.807) is 0 Å². The number of hydrogen-bond acceptors (Lipinski definition) is 5. The number of aliphatic carboxylic acids is 1. The molecule has 21 heavy (non-hydrogen) atoms. The van der Waals surface area contributed by atoms with E-state index in [1.165, 1.54) is 14.2 Å². The van der Waals surface area contributed by atoms with Gasteiger partial charge in [0.15, 0.2) is 0 Å². The van der Waals surface area contributed by atoms with Crippen LogP contribution in [0.5, 0.6) is 0 Å². The molecule has 4 amide bonds. The molecule has 0 aromatic carbocycles. The standard InChI is InChI=1S/C11H20N4O6/c1-14(6-9(17)13-3-4-21-2)11(20)15(5-8(12)16)7-10(18)19/h3-7H2,1-2H3,(H2,12,16)(H,13,17)(H,18,19). The Morgan fingerprint density at radius 3 is 2.29 bits per heavy atom. The Balaban J connectivity index is 4.50. The van der Waals surface area contributed by atoms with Crippen LogP contribution in [0.15, 0.2) is 0 Å². The minimum Gasteiger partial charge on any atom is -0.480 e. The Morgan fingerprint density at radius 2 is 1.81 bits per heavy atom. The molecule has 4 N–H and O–H groups in total. The zero-order valence-electron chi connectivity index (χ0n) is 12.0. The molecular weight excluding hydrogens is 284 g/mol. The first-order chi connectivity index (χ1) is 9.77. The number of carboxylic acids is 1. The van der Waals surface area contributed by atoms with Gasteiger partial charge in [-0.2, -0.15) is 0 Å². The fourth-order valence-corrected chi connectivity index (χ4v) is 1.42. The molecule has 120 valence electrons. The summed E-state index contributed by atoms with van der Waals surface area (Å²) >= 11 is 0. The number of nitrogens with zero attached hydrogens (tertiary/aromatic N) is 2. The summed E-state index contributed by atoms with van der Waals surface area (Å²) in [6.07, 6.45) is 0. The molecule has 0 aromatic rings. The maximum Gasteiger partial charge on any atom is 0.323 e. The Hall–Kier alpha value is -2.36. The van der Waals surface area contributed by atoms with Gasteiger partial charge in [-0.05, 0) is 0 Å². The van der Waals surface area contributed by atoms with Crippen molar-refractivity contribution in [2.75, 3.05) is 46.9 Å². The second-order valence-electron chi connectivity index (χ2n) is 4.20. The van der Waals surface area contributed by atoms with Gasteiger partial charge in [0.05, 0.1) is 6.61 Å². The number of nitrogens with two attached hydrogens (primary N) is 1. The maximum atomic E-state index is 12.0. The molecule has 0 aromatic heterocycles. The van der Waals surface area contributed by atoms with Gasteiger partial charge in [-0.1, -0.05) is 0 Å². The second kappa shape index (κ2) is 9.53. The van der Waals surface area contributed by atoms with Gasteiger partial charge in [-0.15, -0.1) is 0 Å². The van der Waals surface area contributed by atoms with E-state index in [-0.39, 0.29) is 13.1 Å². The minimum absolute atomic E-state index is 0.280. The third-order valence-electron chi connectivity index (χ3n) is 2.28. The third-order valence-corrected chi connectivity index (χ3v) is 2.28. The summed E-state index contributed by atoms with van der Waals surface area (Å²) in [7, 11) is 2.80. The van der Waals surface area contributed by atoms with Crippen molar-refractivity contribution in [3.05, 3.63) is 0 Å². The van der Waals surface area contributed by atoms with Crippen molar-refractivity contribution in [2.45, 2.75) is 0 Å². The van der Waals surface area contributed by atoms with Gasteiger partial charge in [0.1, 0.15) is 19.6 Å². The molecule has 0 saturated heterocycles. The Labute approximate surface area is 121 Å². The van der Waals surface area contributed by atoms with Crippen LogP contribution >= 0.6 is 0 Å². The largest absolute Gasteiger partial charge is 0.480 e. The fraction of sp³-hybridized carbons (Fsp3) is 0.636. The van der Waals surface area contributed by atoms with Gasteiger partial charge in [0, 0.05) is 20.7 Å². The first-order valence-corrected chi connectivity index (χ1v) is 6.03. The first kappa shape index (κ1) is 18.6. The highest BCUT2D eigenvalue weighted by molar-refractivity contribution is 5.88. The number of urea groups is 1. The Morgan fingerprint density at radius 1 is 1.19 bits per heavy atom. The van der Waals surface area contributed by atoms with Crippen molar-refractivity contribution in [3.8, 4) is 0 Å². The number of amides is 4. The van der Waals surface area contributed by atoms with Crippen LogP contribution in [0.3, 0.4) is 0 Å². The average Bonchev–Trinajstić information content (AvgIpc) is 2.36. The highest BCUT2D eigenvalue weighted by Gasteiger charge is 2.23. The lowest BCUT2D eigenvalue weighted by Crippen LogP contribution is -2.49. The molecule has 0 bridgehead atoms. The lowest BCUT2D eigenvalue weighted by molar-refractivity contribution is -0.138. The number of carbonyl (C=O) groups is 4. The van der Waals surface area contributed by atoms with Crippen molar-refractivity contribution in [1.29, 1.82) is 0 Å². The monoisotopic (exact) mass is 304 g/mol. The van der Waals surface area contributed by atoms with Crippen LogP contribution in [0.4, 0.5) is 4.79 Å². The summed E-state index contributed by atoms with van der Waals surface area (Å²) in [5.74, 6) is -2.57. The van der Waals surface area contributed by atoms with Gasteiger partial charge in [0.25, 0.3) is 0 Å². The van der Waals surface area contributed by atoms with Crippen LogP contribution in [0.2, 0.25) is 0 Å². The number of primary amides is 1. The number of carbonyl (C=O) groups excluding carboxylic acids is 3. The van der Waals surface area contributed by atoms with Crippen molar-refractivity contribution in [2.24, 2.45) is 5.73 Å². The van der Waals surface area contributed by atoms with E-state index in [9.17, 15) is 19.2 Å². The number of ether oxygens (including phenoxy) is 1. The van der Waals surface area contributed by atoms with Crippen LogP contribution in [0.1, 0.15) is 0 Å².